The molecular formula is C17H27ClN2O4. The number of halogens is 1. The van der Waals surface area contributed by atoms with E-state index in [2.05, 4.69) is 5.32 Å². The van der Waals surface area contributed by atoms with Crippen LogP contribution in [0.3, 0.4) is 0 Å². The molecule has 0 radical (unpaired) electrons. The van der Waals surface area contributed by atoms with E-state index in [0.717, 1.165) is 37.7 Å². The molecule has 1 aromatic rings. The molecule has 1 aliphatic rings. The molecule has 0 aliphatic heterocycles. The normalized spacial score (nSPS) is 15.8. The third-order valence-electron chi connectivity index (χ3n) is 4.42. The van der Waals surface area contributed by atoms with Crippen LogP contribution in [0.4, 0.5) is 0 Å². The van der Waals surface area contributed by atoms with Gasteiger partial charge in [0.15, 0.2) is 11.5 Å². The lowest BCUT2D eigenvalue weighted by atomic mass is 9.82. The van der Waals surface area contributed by atoms with Gasteiger partial charge in [0.05, 0.1) is 26.9 Å². The predicted octanol–water partition coefficient (Wildman–Crippen LogP) is 2.41. The molecule has 1 amide bonds. The van der Waals surface area contributed by atoms with Crippen molar-refractivity contribution in [1.29, 1.82) is 0 Å². The highest BCUT2D eigenvalue weighted by atomic mass is 35.5. The summed E-state index contributed by atoms with van der Waals surface area (Å²) in [6, 6.07) is 3.65. The van der Waals surface area contributed by atoms with E-state index in [0.29, 0.717) is 23.8 Å². The van der Waals surface area contributed by atoms with E-state index < -0.39 is 5.54 Å². The fourth-order valence-corrected chi connectivity index (χ4v) is 3.06. The molecule has 3 N–H and O–H groups in total. The van der Waals surface area contributed by atoms with Gasteiger partial charge >= 0.3 is 0 Å². The third-order valence-corrected chi connectivity index (χ3v) is 4.42. The molecule has 136 valence electrons. The molecule has 1 fully saturated rings. The van der Waals surface area contributed by atoms with E-state index >= 15 is 0 Å². The van der Waals surface area contributed by atoms with Gasteiger partial charge in [-0.1, -0.05) is 19.3 Å². The fourth-order valence-electron chi connectivity index (χ4n) is 3.06. The van der Waals surface area contributed by atoms with Crippen molar-refractivity contribution in [3.8, 4) is 17.2 Å². The molecule has 0 heterocycles. The molecule has 1 aliphatic carbocycles. The van der Waals surface area contributed by atoms with E-state index in [1.54, 1.807) is 27.4 Å². The zero-order valence-corrected chi connectivity index (χ0v) is 15.3. The van der Waals surface area contributed by atoms with Gasteiger partial charge in [-0.3, -0.25) is 4.79 Å². The Kier molecular flexibility index (Phi) is 7.63. The molecular weight excluding hydrogens is 332 g/mol. The van der Waals surface area contributed by atoms with Crippen molar-refractivity contribution in [2.75, 3.05) is 21.3 Å². The number of hydrogen-bond donors (Lipinski definition) is 2. The molecule has 1 saturated carbocycles. The lowest BCUT2D eigenvalue weighted by Gasteiger charge is -2.31. The Hall–Kier alpha value is -1.66. The number of rotatable bonds is 6. The monoisotopic (exact) mass is 358 g/mol. The van der Waals surface area contributed by atoms with Gasteiger partial charge in [-0.25, -0.2) is 0 Å². The van der Waals surface area contributed by atoms with Crippen molar-refractivity contribution in [1.82, 2.24) is 5.32 Å². The maximum absolute atomic E-state index is 12.4. The predicted molar refractivity (Wildman–Crippen MR) is 95.2 cm³/mol. The molecule has 0 atom stereocenters. The average molecular weight is 359 g/mol. The molecule has 2 rings (SSSR count). The zero-order valence-electron chi connectivity index (χ0n) is 14.5. The highest BCUT2D eigenvalue weighted by molar-refractivity contribution is 5.86. The number of hydrogen-bond acceptors (Lipinski definition) is 5. The summed E-state index contributed by atoms with van der Waals surface area (Å²) in [6.45, 7) is 0.335. The Balaban J connectivity index is 0.00000288. The lowest BCUT2D eigenvalue weighted by Crippen LogP contribution is -2.54. The van der Waals surface area contributed by atoms with Crippen LogP contribution in [0.1, 0.15) is 37.7 Å². The number of nitrogens with one attached hydrogen (secondary N) is 1. The van der Waals surface area contributed by atoms with Crippen LogP contribution >= 0.6 is 12.4 Å². The van der Waals surface area contributed by atoms with Crippen LogP contribution in [-0.2, 0) is 11.3 Å². The minimum atomic E-state index is -0.748. The van der Waals surface area contributed by atoms with Gasteiger partial charge in [0, 0.05) is 12.1 Å². The van der Waals surface area contributed by atoms with Gasteiger partial charge in [-0.15, -0.1) is 12.4 Å². The van der Waals surface area contributed by atoms with Crippen molar-refractivity contribution >= 4 is 18.3 Å². The van der Waals surface area contributed by atoms with Gasteiger partial charge in [0.2, 0.25) is 11.7 Å². The van der Waals surface area contributed by atoms with Gasteiger partial charge in [-0.2, -0.15) is 0 Å². The quantitative estimate of drug-likeness (QED) is 0.816. The zero-order chi connectivity index (χ0) is 16.9. The van der Waals surface area contributed by atoms with E-state index in [-0.39, 0.29) is 18.3 Å². The summed E-state index contributed by atoms with van der Waals surface area (Å²) in [5.41, 5.74) is 6.32. The summed E-state index contributed by atoms with van der Waals surface area (Å²) in [6.07, 6.45) is 4.63. The minimum absolute atomic E-state index is 0. The van der Waals surface area contributed by atoms with Crippen molar-refractivity contribution in [3.05, 3.63) is 17.7 Å². The minimum Gasteiger partial charge on any atom is -0.493 e. The molecule has 0 bridgehead atoms. The molecule has 0 saturated heterocycles. The number of methoxy groups -OCH3 is 3. The molecule has 0 spiro atoms. The SMILES string of the molecule is COc1ccc(CNC(=O)C2(N)CCCCC2)c(OC)c1OC.Cl. The first-order valence-corrected chi connectivity index (χ1v) is 7.90. The second kappa shape index (κ2) is 8.99. The second-order valence-electron chi connectivity index (χ2n) is 5.89. The number of carbonyl (C=O) groups is 1. The van der Waals surface area contributed by atoms with Crippen molar-refractivity contribution < 1.29 is 19.0 Å². The van der Waals surface area contributed by atoms with Crippen molar-refractivity contribution in [3.63, 3.8) is 0 Å². The van der Waals surface area contributed by atoms with Gasteiger partial charge in [-0.05, 0) is 25.0 Å². The van der Waals surface area contributed by atoms with Crippen LogP contribution in [0.25, 0.3) is 0 Å². The van der Waals surface area contributed by atoms with Gasteiger partial charge < -0.3 is 25.3 Å². The molecule has 0 aromatic heterocycles. The summed E-state index contributed by atoms with van der Waals surface area (Å²) in [5.74, 6) is 1.56. The Labute approximate surface area is 149 Å². The standard InChI is InChI=1S/C17H26N2O4.ClH/c1-21-13-8-7-12(14(22-2)15(13)23-3)11-19-16(20)17(18)9-5-4-6-10-17;/h7-8H,4-6,9-11,18H2,1-3H3,(H,19,20);1H. The summed E-state index contributed by atoms with van der Waals surface area (Å²) in [5, 5.41) is 2.93. The van der Waals surface area contributed by atoms with Crippen LogP contribution < -0.4 is 25.3 Å². The molecule has 7 heteroatoms. The largest absolute Gasteiger partial charge is 0.493 e. The number of amides is 1. The number of nitrogens with two attached hydrogens (primary N) is 1. The first kappa shape index (κ1) is 20.4. The van der Waals surface area contributed by atoms with Crippen LogP contribution in [-0.4, -0.2) is 32.8 Å². The second-order valence-corrected chi connectivity index (χ2v) is 5.89. The topological polar surface area (TPSA) is 82.8 Å². The number of ether oxygens (including phenoxy) is 3. The summed E-state index contributed by atoms with van der Waals surface area (Å²) in [4.78, 5) is 12.4. The van der Waals surface area contributed by atoms with Crippen molar-refractivity contribution in [2.45, 2.75) is 44.2 Å². The van der Waals surface area contributed by atoms with E-state index in [1.165, 1.54) is 0 Å². The van der Waals surface area contributed by atoms with E-state index in [4.69, 9.17) is 19.9 Å². The molecule has 0 unspecified atom stereocenters. The fraction of sp³-hybridized carbons (Fsp3) is 0.588. The Morgan fingerprint density at radius 2 is 1.71 bits per heavy atom. The summed E-state index contributed by atoms with van der Waals surface area (Å²) < 4.78 is 16.0. The van der Waals surface area contributed by atoms with E-state index in [9.17, 15) is 4.79 Å². The highest BCUT2D eigenvalue weighted by Crippen LogP contribution is 2.39. The highest BCUT2D eigenvalue weighted by Gasteiger charge is 2.35. The first-order chi connectivity index (χ1) is 11.1. The molecule has 24 heavy (non-hydrogen) atoms. The van der Waals surface area contributed by atoms with Crippen LogP contribution in [0.15, 0.2) is 12.1 Å². The maximum atomic E-state index is 12.4. The number of benzene rings is 1. The summed E-state index contributed by atoms with van der Waals surface area (Å²) in [7, 11) is 4.69. The smallest absolute Gasteiger partial charge is 0.240 e. The van der Waals surface area contributed by atoms with E-state index in [1.807, 2.05) is 6.07 Å². The van der Waals surface area contributed by atoms with Gasteiger partial charge in [0.25, 0.3) is 0 Å². The first-order valence-electron chi connectivity index (χ1n) is 7.90. The average Bonchev–Trinajstić information content (AvgIpc) is 2.59. The third kappa shape index (κ3) is 4.24. The van der Waals surface area contributed by atoms with Crippen molar-refractivity contribution in [2.24, 2.45) is 5.73 Å². The van der Waals surface area contributed by atoms with Crippen LogP contribution in [0, 0.1) is 0 Å². The van der Waals surface area contributed by atoms with Crippen LogP contribution in [0.5, 0.6) is 17.2 Å². The number of carbonyl (C=O) groups excluding carboxylic acids is 1. The summed E-state index contributed by atoms with van der Waals surface area (Å²) >= 11 is 0. The Bertz CT molecular complexity index is 560. The molecule has 6 nitrogen and oxygen atoms in total. The Morgan fingerprint density at radius 1 is 1.08 bits per heavy atom. The van der Waals surface area contributed by atoms with Crippen LogP contribution in [0.2, 0.25) is 0 Å². The lowest BCUT2D eigenvalue weighted by molar-refractivity contribution is -0.127. The van der Waals surface area contributed by atoms with Gasteiger partial charge in [0.1, 0.15) is 0 Å². The maximum Gasteiger partial charge on any atom is 0.240 e. The Morgan fingerprint density at radius 3 is 2.25 bits per heavy atom. The molecule has 1 aromatic carbocycles.